The van der Waals surface area contributed by atoms with Crippen LogP contribution >= 0.6 is 23.5 Å². The van der Waals surface area contributed by atoms with Crippen LogP contribution in [0.15, 0.2) is 29.3 Å². The fraction of sp³-hybridized carbons (Fsp3) is 0.500. The Labute approximate surface area is 157 Å². The van der Waals surface area contributed by atoms with Crippen LogP contribution in [0.3, 0.4) is 0 Å². The molecule has 0 aromatic heterocycles. The van der Waals surface area contributed by atoms with E-state index in [9.17, 15) is 9.59 Å². The Morgan fingerprint density at radius 3 is 2.92 bits per heavy atom. The highest BCUT2D eigenvalue weighted by Gasteiger charge is 2.15. The summed E-state index contributed by atoms with van der Waals surface area (Å²) < 4.78 is 6.23. The molecule has 0 unspecified atom stereocenters. The maximum absolute atomic E-state index is 12.3. The monoisotopic (exact) mass is 380 g/mol. The van der Waals surface area contributed by atoms with Gasteiger partial charge in [0.2, 0.25) is 0 Å². The number of ether oxygens (including phenoxy) is 1. The van der Waals surface area contributed by atoms with Crippen molar-refractivity contribution in [3.05, 3.63) is 35.4 Å². The minimum Gasteiger partial charge on any atom is -0.452 e. The molecular weight excluding hydrogens is 356 g/mol. The molecule has 1 N–H and O–H groups in total. The average molecular weight is 381 g/mol. The van der Waals surface area contributed by atoms with Crippen molar-refractivity contribution in [3.8, 4) is 0 Å². The van der Waals surface area contributed by atoms with E-state index in [1.807, 2.05) is 12.1 Å². The topological polar surface area (TPSA) is 67.8 Å². The Morgan fingerprint density at radius 2 is 2.16 bits per heavy atom. The highest BCUT2D eigenvalue weighted by Crippen LogP contribution is 2.26. The summed E-state index contributed by atoms with van der Waals surface area (Å²) in [6.07, 6.45) is 3.12. The number of benzene rings is 1. The van der Waals surface area contributed by atoms with Gasteiger partial charge in [-0.1, -0.05) is 61.5 Å². The molecule has 2 rings (SSSR count). The summed E-state index contributed by atoms with van der Waals surface area (Å²) in [4.78, 5) is 28.4. The van der Waals surface area contributed by atoms with Gasteiger partial charge in [0, 0.05) is 18.1 Å². The molecule has 136 valence electrons. The zero-order valence-electron chi connectivity index (χ0n) is 14.5. The number of hydrogen-bond acceptors (Lipinski definition) is 6. The number of carbonyl (C=O) groups excluding carboxylic acids is 2. The Hall–Kier alpha value is -1.47. The van der Waals surface area contributed by atoms with Gasteiger partial charge >= 0.3 is 5.97 Å². The molecule has 1 heterocycles. The Bertz CT molecular complexity index is 620. The van der Waals surface area contributed by atoms with Crippen LogP contribution in [0.1, 0.15) is 42.1 Å². The normalized spacial score (nSPS) is 13.4. The van der Waals surface area contributed by atoms with Crippen LogP contribution in [0.25, 0.3) is 0 Å². The van der Waals surface area contributed by atoms with Crippen molar-refractivity contribution >= 4 is 39.8 Å². The van der Waals surface area contributed by atoms with Crippen molar-refractivity contribution in [2.24, 2.45) is 4.99 Å². The van der Waals surface area contributed by atoms with Gasteiger partial charge in [0.05, 0.1) is 12.1 Å². The summed E-state index contributed by atoms with van der Waals surface area (Å²) in [5.74, 6) is 0.980. The molecule has 0 spiro atoms. The summed E-state index contributed by atoms with van der Waals surface area (Å²) in [6.45, 7) is 3.35. The van der Waals surface area contributed by atoms with E-state index >= 15 is 0 Å². The lowest BCUT2D eigenvalue weighted by molar-refractivity contribution is -0.124. The van der Waals surface area contributed by atoms with Crippen molar-refractivity contribution in [1.82, 2.24) is 5.32 Å². The third-order valence-corrected chi connectivity index (χ3v) is 5.88. The van der Waals surface area contributed by atoms with Gasteiger partial charge in [0.1, 0.15) is 4.38 Å². The van der Waals surface area contributed by atoms with Gasteiger partial charge in [0.25, 0.3) is 5.91 Å². The fourth-order valence-corrected chi connectivity index (χ4v) is 4.26. The van der Waals surface area contributed by atoms with Crippen molar-refractivity contribution in [2.75, 3.05) is 25.4 Å². The van der Waals surface area contributed by atoms with Crippen molar-refractivity contribution < 1.29 is 14.3 Å². The number of amides is 1. The molecule has 5 nitrogen and oxygen atoms in total. The number of nitrogens with one attached hydrogen (secondary N) is 1. The number of thioether (sulfide) groups is 2. The fourth-order valence-electron chi connectivity index (χ4n) is 2.25. The second-order valence-electron chi connectivity index (χ2n) is 5.58. The largest absolute Gasteiger partial charge is 0.452 e. The number of nitrogens with zero attached hydrogens (tertiary/aromatic N) is 1. The number of hydrogen-bond donors (Lipinski definition) is 1. The highest BCUT2D eigenvalue weighted by atomic mass is 32.2. The summed E-state index contributed by atoms with van der Waals surface area (Å²) in [5.41, 5.74) is 1.41. The van der Waals surface area contributed by atoms with Crippen LogP contribution in [0.4, 0.5) is 0 Å². The molecule has 1 aromatic carbocycles. The standard InChI is InChI=1S/C18H24N2O3S2/c1-2-3-6-9-19-16(21)12-23-17(22)15-8-5-4-7-14(15)13-25-18-20-10-11-24-18/h4-5,7-8H,2-3,6,9-13H2,1H3,(H,19,21). The molecule has 0 radical (unpaired) electrons. The quantitative estimate of drug-likeness (QED) is 0.525. The number of unbranched alkanes of at least 4 members (excludes halogenated alkanes) is 2. The number of esters is 1. The molecule has 1 aliphatic heterocycles. The molecule has 0 saturated carbocycles. The molecule has 0 atom stereocenters. The van der Waals surface area contributed by atoms with Crippen LogP contribution in [0.5, 0.6) is 0 Å². The summed E-state index contributed by atoms with van der Waals surface area (Å²) in [6, 6.07) is 7.35. The van der Waals surface area contributed by atoms with Crippen LogP contribution in [0.2, 0.25) is 0 Å². The first-order valence-electron chi connectivity index (χ1n) is 8.52. The first-order valence-corrected chi connectivity index (χ1v) is 10.5. The lowest BCUT2D eigenvalue weighted by Gasteiger charge is -2.10. The van der Waals surface area contributed by atoms with Gasteiger partial charge in [-0.15, -0.1) is 0 Å². The highest BCUT2D eigenvalue weighted by molar-refractivity contribution is 8.38. The van der Waals surface area contributed by atoms with Crippen LogP contribution in [0, 0.1) is 0 Å². The van der Waals surface area contributed by atoms with Crippen LogP contribution < -0.4 is 5.32 Å². The van der Waals surface area contributed by atoms with E-state index in [1.165, 1.54) is 0 Å². The van der Waals surface area contributed by atoms with Crippen LogP contribution in [-0.4, -0.2) is 41.7 Å². The van der Waals surface area contributed by atoms with E-state index in [0.717, 1.165) is 41.5 Å². The summed E-state index contributed by atoms with van der Waals surface area (Å²) in [7, 11) is 0. The first-order chi connectivity index (χ1) is 12.2. The Kier molecular flexibility index (Phi) is 8.90. The van der Waals surface area contributed by atoms with E-state index < -0.39 is 5.97 Å². The van der Waals surface area contributed by atoms with Gasteiger partial charge in [-0.3, -0.25) is 9.79 Å². The van der Waals surface area contributed by atoms with E-state index in [0.29, 0.717) is 17.9 Å². The molecule has 0 saturated heterocycles. The van der Waals surface area contributed by atoms with Gasteiger partial charge < -0.3 is 10.1 Å². The molecule has 7 heteroatoms. The third kappa shape index (κ3) is 7.12. The minimum absolute atomic E-state index is 0.241. The lowest BCUT2D eigenvalue weighted by atomic mass is 10.1. The number of carbonyl (C=O) groups is 2. The Morgan fingerprint density at radius 1 is 1.32 bits per heavy atom. The van der Waals surface area contributed by atoms with E-state index in [2.05, 4.69) is 17.2 Å². The van der Waals surface area contributed by atoms with Crippen molar-refractivity contribution in [2.45, 2.75) is 31.9 Å². The zero-order valence-corrected chi connectivity index (χ0v) is 16.1. The Balaban J connectivity index is 1.81. The zero-order chi connectivity index (χ0) is 17.9. The van der Waals surface area contributed by atoms with E-state index in [4.69, 9.17) is 4.74 Å². The average Bonchev–Trinajstić information content (AvgIpc) is 3.15. The lowest BCUT2D eigenvalue weighted by Crippen LogP contribution is -2.29. The number of aliphatic imine (C=N–C) groups is 1. The molecule has 25 heavy (non-hydrogen) atoms. The summed E-state index contributed by atoms with van der Waals surface area (Å²) >= 11 is 3.38. The maximum Gasteiger partial charge on any atom is 0.338 e. The SMILES string of the molecule is CCCCCNC(=O)COC(=O)c1ccccc1CSC1=NCCS1. The van der Waals surface area contributed by atoms with Crippen molar-refractivity contribution in [3.63, 3.8) is 0 Å². The second kappa shape index (κ2) is 11.2. The minimum atomic E-state index is -0.457. The third-order valence-electron chi connectivity index (χ3n) is 3.58. The first kappa shape index (κ1) is 19.8. The van der Waals surface area contributed by atoms with Crippen LogP contribution in [-0.2, 0) is 15.3 Å². The van der Waals surface area contributed by atoms with Crippen molar-refractivity contribution in [1.29, 1.82) is 0 Å². The second-order valence-corrected chi connectivity index (χ2v) is 7.88. The smallest absolute Gasteiger partial charge is 0.338 e. The molecule has 0 fully saturated rings. The molecule has 1 amide bonds. The van der Waals surface area contributed by atoms with Gasteiger partial charge in [0.15, 0.2) is 6.61 Å². The molecule has 0 aliphatic carbocycles. The molecule has 0 bridgehead atoms. The van der Waals surface area contributed by atoms with E-state index in [1.54, 1.807) is 35.7 Å². The van der Waals surface area contributed by atoms with Gasteiger partial charge in [-0.25, -0.2) is 4.79 Å². The molecule has 1 aromatic rings. The predicted octanol–water partition coefficient (Wildman–Crippen LogP) is 3.49. The number of rotatable bonds is 9. The summed E-state index contributed by atoms with van der Waals surface area (Å²) in [5, 5.41) is 2.76. The maximum atomic E-state index is 12.3. The van der Waals surface area contributed by atoms with Gasteiger partial charge in [-0.05, 0) is 18.1 Å². The predicted molar refractivity (Wildman–Crippen MR) is 105 cm³/mol. The molecule has 1 aliphatic rings. The van der Waals surface area contributed by atoms with Gasteiger partial charge in [-0.2, -0.15) is 0 Å². The molecular formula is C18H24N2O3S2. The van der Waals surface area contributed by atoms with E-state index in [-0.39, 0.29) is 12.5 Å².